The normalized spacial score (nSPS) is 12.0. The lowest BCUT2D eigenvalue weighted by atomic mass is 10.1. The molecule has 0 atom stereocenters. The molecular formula is C18H12F3NO2. The summed E-state index contributed by atoms with van der Waals surface area (Å²) in [6.45, 7) is 0. The number of nitrogens with zero attached hydrogens (tertiary/aromatic N) is 1. The van der Waals surface area contributed by atoms with Crippen molar-refractivity contribution < 1.29 is 22.7 Å². The molecule has 3 rings (SSSR count). The van der Waals surface area contributed by atoms with Gasteiger partial charge in [0, 0.05) is 5.56 Å². The van der Waals surface area contributed by atoms with Gasteiger partial charge < -0.3 is 9.52 Å². The molecule has 0 amide bonds. The third-order valence-corrected chi connectivity index (χ3v) is 3.29. The van der Waals surface area contributed by atoms with E-state index in [9.17, 15) is 18.3 Å². The number of alkyl halides is 3. The Kier molecular flexibility index (Phi) is 4.12. The van der Waals surface area contributed by atoms with Gasteiger partial charge in [-0.15, -0.1) is 0 Å². The Bertz CT molecular complexity index is 864. The van der Waals surface area contributed by atoms with Crippen LogP contribution in [0, 0.1) is 0 Å². The minimum atomic E-state index is -4.40. The van der Waals surface area contributed by atoms with Crippen molar-refractivity contribution in [2.45, 2.75) is 6.18 Å². The van der Waals surface area contributed by atoms with E-state index in [0.717, 1.165) is 12.1 Å². The van der Waals surface area contributed by atoms with Crippen LogP contribution in [-0.4, -0.2) is 11.3 Å². The molecule has 1 aromatic heterocycles. The van der Waals surface area contributed by atoms with Crippen LogP contribution < -0.4 is 0 Å². The zero-order valence-electron chi connectivity index (χ0n) is 12.3. The van der Waals surface area contributed by atoms with Gasteiger partial charge in [-0.1, -0.05) is 12.1 Å². The molecule has 122 valence electrons. The fraction of sp³-hybridized carbons (Fsp3) is 0.0556. The largest absolute Gasteiger partial charge is 0.508 e. The van der Waals surface area contributed by atoms with Crippen molar-refractivity contribution in [3.8, 4) is 17.1 Å². The Hall–Kier alpha value is -3.02. The number of hydrogen-bond acceptors (Lipinski definition) is 3. The topological polar surface area (TPSA) is 45.7 Å². The van der Waals surface area contributed by atoms with Gasteiger partial charge >= 0.3 is 6.18 Å². The van der Waals surface area contributed by atoms with Crippen molar-refractivity contribution in [2.24, 2.45) is 4.99 Å². The molecule has 2 aromatic carbocycles. The van der Waals surface area contributed by atoms with E-state index in [1.54, 1.807) is 30.3 Å². The summed E-state index contributed by atoms with van der Waals surface area (Å²) in [7, 11) is 0. The number of rotatable bonds is 3. The van der Waals surface area contributed by atoms with E-state index in [2.05, 4.69) is 4.99 Å². The third kappa shape index (κ3) is 3.65. The second-order valence-corrected chi connectivity index (χ2v) is 5.06. The maximum atomic E-state index is 12.8. The van der Waals surface area contributed by atoms with E-state index in [4.69, 9.17) is 4.42 Å². The standard InChI is InChI=1S/C18H12F3NO2/c19-18(20,21)13-3-1-2-12(10-13)17-9-8-16(24-17)11-22-14-4-6-15(23)7-5-14/h1-11,23H. The molecule has 3 nitrogen and oxygen atoms in total. The van der Waals surface area contributed by atoms with Gasteiger partial charge in [-0.2, -0.15) is 13.2 Å². The molecule has 6 heteroatoms. The number of phenolic OH excluding ortho intramolecular Hbond substituents is 1. The molecular weight excluding hydrogens is 319 g/mol. The van der Waals surface area contributed by atoms with E-state index in [1.807, 2.05) is 0 Å². The molecule has 3 aromatic rings. The number of benzene rings is 2. The first kappa shape index (κ1) is 15.9. The predicted molar refractivity (Wildman–Crippen MR) is 84.5 cm³/mol. The van der Waals surface area contributed by atoms with Crippen LogP contribution in [0.15, 0.2) is 70.1 Å². The number of phenols is 1. The maximum absolute atomic E-state index is 12.8. The summed E-state index contributed by atoms with van der Waals surface area (Å²) in [4.78, 5) is 4.17. The summed E-state index contributed by atoms with van der Waals surface area (Å²) in [6.07, 6.45) is -2.94. The molecule has 0 unspecified atom stereocenters. The van der Waals surface area contributed by atoms with Gasteiger partial charge in [-0.25, -0.2) is 0 Å². The van der Waals surface area contributed by atoms with Crippen LogP contribution in [0.25, 0.3) is 11.3 Å². The Morgan fingerprint density at radius 1 is 0.958 bits per heavy atom. The average molecular weight is 331 g/mol. The fourth-order valence-corrected chi connectivity index (χ4v) is 2.10. The predicted octanol–water partition coefficient (Wildman–Crippen LogP) is 5.42. The molecule has 1 N–H and O–H groups in total. The minimum Gasteiger partial charge on any atom is -0.508 e. The van der Waals surface area contributed by atoms with Crippen LogP contribution in [0.5, 0.6) is 5.75 Å². The smallest absolute Gasteiger partial charge is 0.416 e. The quantitative estimate of drug-likeness (QED) is 0.651. The highest BCUT2D eigenvalue weighted by atomic mass is 19.4. The average Bonchev–Trinajstić information content (AvgIpc) is 3.03. The van der Waals surface area contributed by atoms with Crippen molar-refractivity contribution in [3.63, 3.8) is 0 Å². The van der Waals surface area contributed by atoms with Crippen LogP contribution in [-0.2, 0) is 6.18 Å². The third-order valence-electron chi connectivity index (χ3n) is 3.29. The summed E-state index contributed by atoms with van der Waals surface area (Å²) < 4.78 is 43.8. The second kappa shape index (κ2) is 6.23. The Labute approximate surface area is 135 Å². The molecule has 0 aliphatic heterocycles. The first-order valence-electron chi connectivity index (χ1n) is 7.02. The Morgan fingerprint density at radius 3 is 2.42 bits per heavy atom. The van der Waals surface area contributed by atoms with E-state index in [-0.39, 0.29) is 5.75 Å². The molecule has 0 radical (unpaired) electrons. The van der Waals surface area contributed by atoms with Crippen molar-refractivity contribution in [3.05, 3.63) is 72.0 Å². The zero-order valence-corrected chi connectivity index (χ0v) is 12.3. The molecule has 0 saturated carbocycles. The van der Waals surface area contributed by atoms with Gasteiger partial charge in [-0.05, 0) is 48.5 Å². The van der Waals surface area contributed by atoms with Crippen LogP contribution in [0.1, 0.15) is 11.3 Å². The van der Waals surface area contributed by atoms with Gasteiger partial charge in [0.05, 0.1) is 17.5 Å². The minimum absolute atomic E-state index is 0.138. The molecule has 0 spiro atoms. The van der Waals surface area contributed by atoms with Crippen molar-refractivity contribution >= 4 is 11.9 Å². The molecule has 0 aliphatic rings. The van der Waals surface area contributed by atoms with Crippen molar-refractivity contribution in [1.29, 1.82) is 0 Å². The van der Waals surface area contributed by atoms with Crippen molar-refractivity contribution in [2.75, 3.05) is 0 Å². The highest BCUT2D eigenvalue weighted by Crippen LogP contribution is 2.32. The highest BCUT2D eigenvalue weighted by molar-refractivity contribution is 5.80. The SMILES string of the molecule is Oc1ccc(N=Cc2ccc(-c3cccc(C(F)(F)F)c3)o2)cc1. The van der Waals surface area contributed by atoms with Crippen molar-refractivity contribution in [1.82, 2.24) is 0 Å². The van der Waals surface area contributed by atoms with E-state index in [1.165, 1.54) is 24.4 Å². The number of aliphatic imine (C=N–C) groups is 1. The maximum Gasteiger partial charge on any atom is 0.416 e. The summed E-state index contributed by atoms with van der Waals surface area (Å²) in [5, 5.41) is 9.20. The fourth-order valence-electron chi connectivity index (χ4n) is 2.10. The van der Waals surface area contributed by atoms with Gasteiger partial charge in [0.15, 0.2) is 0 Å². The lowest BCUT2D eigenvalue weighted by Crippen LogP contribution is -2.04. The molecule has 24 heavy (non-hydrogen) atoms. The molecule has 0 bridgehead atoms. The Balaban J connectivity index is 1.82. The van der Waals surface area contributed by atoms with Crippen LogP contribution in [0.4, 0.5) is 18.9 Å². The van der Waals surface area contributed by atoms with Crippen LogP contribution in [0.2, 0.25) is 0 Å². The number of furan rings is 1. The first-order valence-corrected chi connectivity index (χ1v) is 7.02. The van der Waals surface area contributed by atoms with E-state index >= 15 is 0 Å². The summed E-state index contributed by atoms with van der Waals surface area (Å²) in [6, 6.07) is 14.4. The molecule has 0 saturated heterocycles. The van der Waals surface area contributed by atoms with Gasteiger partial charge in [0.2, 0.25) is 0 Å². The lowest BCUT2D eigenvalue weighted by Gasteiger charge is -2.07. The van der Waals surface area contributed by atoms with Gasteiger partial charge in [0.1, 0.15) is 17.3 Å². The number of halogens is 3. The monoisotopic (exact) mass is 331 g/mol. The molecule has 0 fully saturated rings. The molecule has 1 heterocycles. The number of aromatic hydroxyl groups is 1. The highest BCUT2D eigenvalue weighted by Gasteiger charge is 2.30. The van der Waals surface area contributed by atoms with Gasteiger partial charge in [-0.3, -0.25) is 4.99 Å². The van der Waals surface area contributed by atoms with Gasteiger partial charge in [0.25, 0.3) is 0 Å². The first-order chi connectivity index (χ1) is 11.4. The second-order valence-electron chi connectivity index (χ2n) is 5.06. The lowest BCUT2D eigenvalue weighted by molar-refractivity contribution is -0.137. The molecule has 0 aliphatic carbocycles. The van der Waals surface area contributed by atoms with E-state index < -0.39 is 11.7 Å². The summed E-state index contributed by atoms with van der Waals surface area (Å²) in [5.74, 6) is 0.877. The zero-order chi connectivity index (χ0) is 17.2. The summed E-state index contributed by atoms with van der Waals surface area (Å²) in [5.41, 5.74) is 0.231. The van der Waals surface area contributed by atoms with E-state index in [0.29, 0.717) is 22.8 Å². The Morgan fingerprint density at radius 2 is 1.71 bits per heavy atom. The van der Waals surface area contributed by atoms with Crippen LogP contribution in [0.3, 0.4) is 0 Å². The number of hydrogen-bond donors (Lipinski definition) is 1. The van der Waals surface area contributed by atoms with Crippen LogP contribution >= 0.6 is 0 Å². The summed E-state index contributed by atoms with van der Waals surface area (Å²) >= 11 is 0.